The Bertz CT molecular complexity index is 1440. The average Bonchev–Trinajstić information content (AvgIpc) is 3.29. The monoisotopic (exact) mass is 437 g/mol. The fourth-order valence-corrected chi connectivity index (χ4v) is 3.53. The minimum Gasteiger partial charge on any atom is -0.497 e. The zero-order chi connectivity index (χ0) is 22.8. The van der Waals surface area contributed by atoms with E-state index in [1.165, 1.54) is 6.07 Å². The summed E-state index contributed by atoms with van der Waals surface area (Å²) < 4.78 is 12.8. The van der Waals surface area contributed by atoms with Crippen molar-refractivity contribution in [2.45, 2.75) is 0 Å². The van der Waals surface area contributed by atoms with E-state index in [1.54, 1.807) is 11.6 Å². The van der Waals surface area contributed by atoms with Crippen molar-refractivity contribution in [2.75, 3.05) is 7.11 Å². The lowest BCUT2D eigenvalue weighted by molar-refractivity contribution is 0.0690. The lowest BCUT2D eigenvalue weighted by atomic mass is 10.1. The van der Waals surface area contributed by atoms with Crippen LogP contribution in [0.15, 0.2) is 91.0 Å². The van der Waals surface area contributed by atoms with Crippen LogP contribution in [-0.2, 0) is 0 Å². The van der Waals surface area contributed by atoms with E-state index in [1.807, 2.05) is 84.9 Å². The first-order valence-electron chi connectivity index (χ1n) is 10.2. The summed E-state index contributed by atoms with van der Waals surface area (Å²) in [5.41, 5.74) is 3.43. The number of aromatic carboxylic acids is 1. The number of carbonyl (C=O) groups is 1. The number of hydrogen-bond donors (Lipinski definition) is 1. The Labute approximate surface area is 189 Å². The topological polar surface area (TPSA) is 86.0 Å². The zero-order valence-electron chi connectivity index (χ0n) is 17.7. The van der Waals surface area contributed by atoms with Gasteiger partial charge in [-0.1, -0.05) is 30.3 Å². The van der Waals surface area contributed by atoms with Gasteiger partial charge in [-0.05, 0) is 54.6 Å². The van der Waals surface area contributed by atoms with Gasteiger partial charge in [0.15, 0.2) is 11.3 Å². The molecule has 162 valence electrons. The van der Waals surface area contributed by atoms with Crippen molar-refractivity contribution in [3.63, 3.8) is 0 Å². The summed E-state index contributed by atoms with van der Waals surface area (Å²) in [6.07, 6.45) is 0. The Balaban J connectivity index is 1.60. The minimum absolute atomic E-state index is 0.0735. The first-order chi connectivity index (χ1) is 16.1. The fourth-order valence-electron chi connectivity index (χ4n) is 3.53. The molecule has 0 bridgehead atoms. The molecule has 0 aliphatic heterocycles. The summed E-state index contributed by atoms with van der Waals surface area (Å²) in [7, 11) is 1.61. The molecule has 7 nitrogen and oxygen atoms in total. The Morgan fingerprint density at radius 2 is 1.55 bits per heavy atom. The van der Waals surface area contributed by atoms with Crippen molar-refractivity contribution in [1.29, 1.82) is 0 Å². The number of nitrogens with zero attached hydrogens (tertiary/aromatic N) is 3. The van der Waals surface area contributed by atoms with Crippen LogP contribution in [0.25, 0.3) is 28.2 Å². The van der Waals surface area contributed by atoms with Crippen LogP contribution < -0.4 is 9.47 Å². The lowest BCUT2D eigenvalue weighted by Gasteiger charge is -2.11. The molecule has 5 rings (SSSR count). The maximum absolute atomic E-state index is 11.5. The van der Waals surface area contributed by atoms with E-state index >= 15 is 0 Å². The predicted octanol–water partition coefficient (Wildman–Crippen LogP) is 5.56. The minimum atomic E-state index is -1.11. The van der Waals surface area contributed by atoms with Crippen molar-refractivity contribution in [3.05, 3.63) is 96.7 Å². The normalized spacial score (nSPS) is 10.8. The van der Waals surface area contributed by atoms with Crippen molar-refractivity contribution < 1.29 is 19.4 Å². The van der Waals surface area contributed by atoms with Crippen molar-refractivity contribution in [1.82, 2.24) is 14.6 Å². The van der Waals surface area contributed by atoms with Crippen molar-refractivity contribution in [2.24, 2.45) is 0 Å². The molecule has 0 spiro atoms. The highest BCUT2D eigenvalue weighted by Gasteiger charge is 2.16. The Morgan fingerprint density at radius 1 is 0.818 bits per heavy atom. The van der Waals surface area contributed by atoms with Gasteiger partial charge in [0.05, 0.1) is 18.5 Å². The summed E-state index contributed by atoms with van der Waals surface area (Å²) in [5.74, 6) is 1.03. The van der Waals surface area contributed by atoms with Gasteiger partial charge in [-0.3, -0.25) is 0 Å². The molecule has 5 aromatic rings. The molecule has 33 heavy (non-hydrogen) atoms. The maximum atomic E-state index is 11.5. The van der Waals surface area contributed by atoms with E-state index in [2.05, 4.69) is 10.1 Å². The molecule has 0 aliphatic carbocycles. The number of hydrogen-bond acceptors (Lipinski definition) is 5. The number of methoxy groups -OCH3 is 1. The summed E-state index contributed by atoms with van der Waals surface area (Å²) in [4.78, 5) is 16.2. The molecule has 7 heteroatoms. The molecule has 3 aromatic carbocycles. The van der Waals surface area contributed by atoms with E-state index in [-0.39, 0.29) is 5.69 Å². The number of ether oxygens (including phenoxy) is 2. The number of aromatic nitrogens is 3. The highest BCUT2D eigenvalue weighted by atomic mass is 16.5. The summed E-state index contributed by atoms with van der Waals surface area (Å²) in [5, 5.41) is 13.7. The van der Waals surface area contributed by atoms with Crippen LogP contribution in [0.4, 0.5) is 0 Å². The zero-order valence-corrected chi connectivity index (χ0v) is 17.7. The van der Waals surface area contributed by atoms with E-state index < -0.39 is 5.97 Å². The van der Waals surface area contributed by atoms with Crippen LogP contribution in [-0.4, -0.2) is 32.8 Å². The first-order valence-corrected chi connectivity index (χ1v) is 10.2. The van der Waals surface area contributed by atoms with Gasteiger partial charge in [0.1, 0.15) is 17.2 Å². The smallest absolute Gasteiger partial charge is 0.356 e. The second-order valence-electron chi connectivity index (χ2n) is 7.30. The van der Waals surface area contributed by atoms with Crippen LogP contribution in [0.3, 0.4) is 0 Å². The molecular weight excluding hydrogens is 418 g/mol. The molecule has 0 amide bonds. The van der Waals surface area contributed by atoms with Crippen LogP contribution in [0.2, 0.25) is 0 Å². The Hall–Kier alpha value is -4.65. The van der Waals surface area contributed by atoms with Crippen molar-refractivity contribution >= 4 is 11.6 Å². The molecule has 0 saturated heterocycles. The highest BCUT2D eigenvalue weighted by Crippen LogP contribution is 2.30. The third kappa shape index (κ3) is 4.12. The predicted molar refractivity (Wildman–Crippen MR) is 124 cm³/mol. The van der Waals surface area contributed by atoms with E-state index in [0.717, 1.165) is 16.9 Å². The lowest BCUT2D eigenvalue weighted by Crippen LogP contribution is -2.01. The quantitative estimate of drug-likeness (QED) is 0.374. The number of fused-ring (bicyclic) bond motifs is 1. The number of rotatable bonds is 6. The Kier molecular flexibility index (Phi) is 5.20. The van der Waals surface area contributed by atoms with Gasteiger partial charge in [0, 0.05) is 17.2 Å². The molecule has 2 aromatic heterocycles. The number of carboxylic acids is 1. The molecule has 0 fully saturated rings. The van der Waals surface area contributed by atoms with Gasteiger partial charge in [-0.15, -0.1) is 0 Å². The standard InChI is InChI=1S/C26H19N3O4/c1-32-21-9-5-6-18(14-21)22-15-24(29-25(27-22)16-23(28-29)26(30)31)17-10-12-20(13-11-17)33-19-7-3-2-4-8-19/h2-16H,1H3,(H,30,31). The molecule has 0 aliphatic rings. The molecule has 1 N–H and O–H groups in total. The van der Waals surface area contributed by atoms with E-state index in [9.17, 15) is 9.90 Å². The van der Waals surface area contributed by atoms with Crippen LogP contribution in [0, 0.1) is 0 Å². The second kappa shape index (κ2) is 8.47. The van der Waals surface area contributed by atoms with Gasteiger partial charge in [0.2, 0.25) is 0 Å². The van der Waals surface area contributed by atoms with Crippen LogP contribution >= 0.6 is 0 Å². The summed E-state index contributed by atoms with van der Waals surface area (Å²) in [6, 6.07) is 28.0. The SMILES string of the molecule is COc1cccc(-c2cc(-c3ccc(Oc4ccccc4)cc3)n3nc(C(=O)O)cc3n2)c1. The molecular formula is C26H19N3O4. The van der Waals surface area contributed by atoms with Gasteiger partial charge in [-0.2, -0.15) is 5.10 Å². The third-order valence-electron chi connectivity index (χ3n) is 5.14. The molecule has 2 heterocycles. The van der Waals surface area contributed by atoms with Gasteiger partial charge in [0.25, 0.3) is 0 Å². The molecule has 0 atom stereocenters. The number of carboxylic acid groups (broad SMARTS) is 1. The summed E-state index contributed by atoms with van der Waals surface area (Å²) in [6.45, 7) is 0. The first kappa shape index (κ1) is 20.3. The van der Waals surface area contributed by atoms with E-state index in [0.29, 0.717) is 28.5 Å². The second-order valence-corrected chi connectivity index (χ2v) is 7.30. The fraction of sp³-hybridized carbons (Fsp3) is 0.0385. The van der Waals surface area contributed by atoms with Crippen LogP contribution in [0.1, 0.15) is 10.5 Å². The van der Waals surface area contributed by atoms with Crippen molar-refractivity contribution in [3.8, 4) is 39.8 Å². The summed E-state index contributed by atoms with van der Waals surface area (Å²) >= 11 is 0. The number of para-hydroxylation sites is 1. The molecule has 0 radical (unpaired) electrons. The van der Waals surface area contributed by atoms with Gasteiger partial charge < -0.3 is 14.6 Å². The maximum Gasteiger partial charge on any atom is 0.356 e. The average molecular weight is 437 g/mol. The molecule has 0 saturated carbocycles. The van der Waals surface area contributed by atoms with Crippen LogP contribution in [0.5, 0.6) is 17.2 Å². The third-order valence-corrected chi connectivity index (χ3v) is 5.14. The van der Waals surface area contributed by atoms with E-state index in [4.69, 9.17) is 9.47 Å². The Morgan fingerprint density at radius 3 is 2.27 bits per heavy atom. The molecule has 0 unspecified atom stereocenters. The largest absolute Gasteiger partial charge is 0.497 e. The van der Waals surface area contributed by atoms with Gasteiger partial charge in [-0.25, -0.2) is 14.3 Å². The highest BCUT2D eigenvalue weighted by molar-refractivity contribution is 5.87. The number of benzene rings is 3. The van der Waals surface area contributed by atoms with Gasteiger partial charge >= 0.3 is 5.97 Å².